The van der Waals surface area contributed by atoms with Gasteiger partial charge in [-0.25, -0.2) is 0 Å². The summed E-state index contributed by atoms with van der Waals surface area (Å²) in [6.45, 7) is 0.473. The molecule has 2 aromatic rings. The molecular weight excluding hydrogens is 320 g/mol. The molecule has 1 amide bonds. The summed E-state index contributed by atoms with van der Waals surface area (Å²) in [5, 5.41) is 20.6. The lowest BCUT2D eigenvalue weighted by atomic mass is 9.81. The number of para-hydroxylation sites is 1. The third-order valence-corrected chi connectivity index (χ3v) is 4.60. The van der Waals surface area contributed by atoms with Crippen molar-refractivity contribution in [1.82, 2.24) is 20.3 Å². The van der Waals surface area contributed by atoms with Gasteiger partial charge in [0.25, 0.3) is 0 Å². The Bertz CT molecular complexity index is 729. The van der Waals surface area contributed by atoms with Crippen LogP contribution in [0.1, 0.15) is 31.4 Å². The SMILES string of the molecule is O=C(O)[C@H]1CCC[C@@H](C(=O)NCCc2cnn(-c3ccccc3)n2)C1. The number of carbonyl (C=O) groups excluding carboxylic acids is 1. The summed E-state index contributed by atoms with van der Waals surface area (Å²) < 4.78 is 0. The summed E-state index contributed by atoms with van der Waals surface area (Å²) in [5.74, 6) is -1.44. The lowest BCUT2D eigenvalue weighted by Crippen LogP contribution is -2.36. The zero-order valence-electron chi connectivity index (χ0n) is 14.0. The number of aromatic nitrogens is 3. The first kappa shape index (κ1) is 17.1. The molecule has 0 aliphatic heterocycles. The highest BCUT2D eigenvalue weighted by Gasteiger charge is 2.30. The molecule has 132 valence electrons. The predicted molar refractivity (Wildman–Crippen MR) is 91.2 cm³/mol. The first-order chi connectivity index (χ1) is 12.1. The third kappa shape index (κ3) is 4.43. The second kappa shape index (κ2) is 7.92. The van der Waals surface area contributed by atoms with Crippen LogP contribution in [0.3, 0.4) is 0 Å². The normalized spacial score (nSPS) is 20.2. The number of nitrogens with one attached hydrogen (secondary N) is 1. The van der Waals surface area contributed by atoms with Crippen molar-refractivity contribution in [3.8, 4) is 5.69 Å². The van der Waals surface area contributed by atoms with Gasteiger partial charge in [-0.05, 0) is 31.4 Å². The van der Waals surface area contributed by atoms with Gasteiger partial charge in [0.1, 0.15) is 0 Å². The fraction of sp³-hybridized carbons (Fsp3) is 0.444. The molecule has 0 spiro atoms. The minimum atomic E-state index is -0.796. The molecule has 0 unspecified atom stereocenters. The molecule has 1 saturated carbocycles. The Morgan fingerprint density at radius 3 is 2.72 bits per heavy atom. The molecule has 0 saturated heterocycles. The number of carboxylic acid groups (broad SMARTS) is 1. The van der Waals surface area contributed by atoms with Crippen molar-refractivity contribution in [1.29, 1.82) is 0 Å². The van der Waals surface area contributed by atoms with E-state index in [-0.39, 0.29) is 11.8 Å². The van der Waals surface area contributed by atoms with Crippen LogP contribution in [-0.4, -0.2) is 38.5 Å². The highest BCUT2D eigenvalue weighted by molar-refractivity contribution is 5.80. The van der Waals surface area contributed by atoms with Crippen molar-refractivity contribution in [2.45, 2.75) is 32.1 Å². The summed E-state index contributed by atoms with van der Waals surface area (Å²) in [6.07, 6.45) is 4.95. The van der Waals surface area contributed by atoms with E-state index >= 15 is 0 Å². The van der Waals surface area contributed by atoms with Gasteiger partial charge in [0.2, 0.25) is 5.91 Å². The van der Waals surface area contributed by atoms with Gasteiger partial charge in [-0.3, -0.25) is 9.59 Å². The molecule has 1 aliphatic rings. The van der Waals surface area contributed by atoms with Gasteiger partial charge in [0.05, 0.1) is 23.5 Å². The summed E-state index contributed by atoms with van der Waals surface area (Å²) in [6, 6.07) is 9.63. The van der Waals surface area contributed by atoms with E-state index in [9.17, 15) is 9.59 Å². The average Bonchev–Trinajstić information content (AvgIpc) is 3.11. The van der Waals surface area contributed by atoms with Gasteiger partial charge in [-0.15, -0.1) is 0 Å². The van der Waals surface area contributed by atoms with Gasteiger partial charge >= 0.3 is 5.97 Å². The maximum Gasteiger partial charge on any atom is 0.306 e. The molecule has 1 fully saturated rings. The minimum Gasteiger partial charge on any atom is -0.481 e. The molecule has 1 heterocycles. The van der Waals surface area contributed by atoms with E-state index in [1.165, 1.54) is 0 Å². The van der Waals surface area contributed by atoms with Gasteiger partial charge in [0, 0.05) is 18.9 Å². The summed E-state index contributed by atoms with van der Waals surface area (Å²) >= 11 is 0. The average molecular weight is 342 g/mol. The number of aliphatic carboxylic acids is 1. The molecule has 3 rings (SSSR count). The van der Waals surface area contributed by atoms with Gasteiger partial charge in [-0.2, -0.15) is 15.0 Å². The molecule has 2 N–H and O–H groups in total. The number of benzene rings is 1. The Hall–Kier alpha value is -2.70. The molecular formula is C18H22N4O3. The number of carbonyl (C=O) groups is 2. The second-order valence-corrected chi connectivity index (χ2v) is 6.40. The number of hydrogen-bond donors (Lipinski definition) is 2. The number of amides is 1. The van der Waals surface area contributed by atoms with E-state index in [0.717, 1.165) is 24.2 Å². The van der Waals surface area contributed by atoms with Crippen LogP contribution in [0.15, 0.2) is 36.5 Å². The lowest BCUT2D eigenvalue weighted by molar-refractivity contribution is -0.144. The third-order valence-electron chi connectivity index (χ3n) is 4.60. The summed E-state index contributed by atoms with van der Waals surface area (Å²) in [4.78, 5) is 24.9. The van der Waals surface area contributed by atoms with E-state index < -0.39 is 11.9 Å². The van der Waals surface area contributed by atoms with Crippen LogP contribution in [0.4, 0.5) is 0 Å². The number of rotatable bonds is 6. The Morgan fingerprint density at radius 1 is 1.20 bits per heavy atom. The van der Waals surface area contributed by atoms with Gasteiger partial charge in [-0.1, -0.05) is 24.6 Å². The molecule has 0 bridgehead atoms. The molecule has 2 atom stereocenters. The van der Waals surface area contributed by atoms with E-state index in [2.05, 4.69) is 15.5 Å². The quantitative estimate of drug-likeness (QED) is 0.834. The van der Waals surface area contributed by atoms with Crippen LogP contribution in [-0.2, 0) is 16.0 Å². The number of carboxylic acids is 1. The van der Waals surface area contributed by atoms with Crippen molar-refractivity contribution in [2.24, 2.45) is 11.8 Å². The smallest absolute Gasteiger partial charge is 0.306 e. The van der Waals surface area contributed by atoms with Crippen molar-refractivity contribution in [3.63, 3.8) is 0 Å². The summed E-state index contributed by atoms with van der Waals surface area (Å²) in [5.41, 5.74) is 1.69. The van der Waals surface area contributed by atoms with Crippen molar-refractivity contribution in [2.75, 3.05) is 6.54 Å². The highest BCUT2D eigenvalue weighted by Crippen LogP contribution is 2.29. The second-order valence-electron chi connectivity index (χ2n) is 6.40. The van der Waals surface area contributed by atoms with E-state index in [4.69, 9.17) is 5.11 Å². The Labute approximate surface area is 146 Å². The monoisotopic (exact) mass is 342 g/mol. The zero-order chi connectivity index (χ0) is 17.6. The standard InChI is InChI=1S/C18H22N4O3/c23-17(13-5-4-6-14(11-13)18(24)25)19-10-9-15-12-20-22(21-15)16-7-2-1-3-8-16/h1-3,7-8,12-14H,4-6,9-11H2,(H,19,23)(H,24,25)/t13-,14+/m1/s1. The van der Waals surface area contributed by atoms with Gasteiger partial charge < -0.3 is 10.4 Å². The fourth-order valence-corrected chi connectivity index (χ4v) is 3.21. The molecule has 1 aromatic heterocycles. The molecule has 25 heavy (non-hydrogen) atoms. The van der Waals surface area contributed by atoms with Crippen LogP contribution in [0.5, 0.6) is 0 Å². The maximum atomic E-state index is 12.2. The predicted octanol–water partition coefficient (Wildman–Crippen LogP) is 1.82. The molecule has 1 aromatic carbocycles. The fourth-order valence-electron chi connectivity index (χ4n) is 3.21. The van der Waals surface area contributed by atoms with Crippen LogP contribution in [0.2, 0.25) is 0 Å². The number of nitrogens with zero attached hydrogens (tertiary/aromatic N) is 3. The Kier molecular flexibility index (Phi) is 5.42. The minimum absolute atomic E-state index is 0.0543. The lowest BCUT2D eigenvalue weighted by Gasteiger charge is -2.25. The maximum absolute atomic E-state index is 12.2. The van der Waals surface area contributed by atoms with Crippen molar-refractivity contribution in [3.05, 3.63) is 42.2 Å². The topological polar surface area (TPSA) is 97.1 Å². The first-order valence-electron chi connectivity index (χ1n) is 8.60. The number of hydrogen-bond acceptors (Lipinski definition) is 4. The zero-order valence-corrected chi connectivity index (χ0v) is 14.0. The van der Waals surface area contributed by atoms with Crippen LogP contribution >= 0.6 is 0 Å². The van der Waals surface area contributed by atoms with E-state index in [1.54, 1.807) is 11.0 Å². The molecule has 7 nitrogen and oxygen atoms in total. The molecule has 7 heteroatoms. The Balaban J connectivity index is 1.47. The largest absolute Gasteiger partial charge is 0.481 e. The first-order valence-corrected chi connectivity index (χ1v) is 8.60. The highest BCUT2D eigenvalue weighted by atomic mass is 16.4. The van der Waals surface area contributed by atoms with Crippen LogP contribution in [0.25, 0.3) is 5.69 Å². The van der Waals surface area contributed by atoms with E-state index in [1.807, 2.05) is 30.3 Å². The summed E-state index contributed by atoms with van der Waals surface area (Å²) in [7, 11) is 0. The van der Waals surface area contributed by atoms with Crippen LogP contribution in [0, 0.1) is 11.8 Å². The van der Waals surface area contributed by atoms with Crippen molar-refractivity contribution < 1.29 is 14.7 Å². The van der Waals surface area contributed by atoms with Gasteiger partial charge in [0.15, 0.2) is 0 Å². The Morgan fingerprint density at radius 2 is 1.96 bits per heavy atom. The van der Waals surface area contributed by atoms with E-state index in [0.29, 0.717) is 25.8 Å². The molecule has 0 radical (unpaired) electrons. The van der Waals surface area contributed by atoms with Crippen molar-refractivity contribution >= 4 is 11.9 Å². The molecule has 1 aliphatic carbocycles. The van der Waals surface area contributed by atoms with Crippen LogP contribution < -0.4 is 5.32 Å².